The summed E-state index contributed by atoms with van der Waals surface area (Å²) >= 11 is 0. The van der Waals surface area contributed by atoms with Crippen LogP contribution in [-0.4, -0.2) is 87.2 Å². The number of amidine groups is 1. The van der Waals surface area contributed by atoms with Crippen molar-refractivity contribution in [1.82, 2.24) is 15.2 Å². The van der Waals surface area contributed by atoms with Gasteiger partial charge in [-0.25, -0.2) is 15.6 Å². The van der Waals surface area contributed by atoms with Crippen molar-refractivity contribution >= 4 is 17.8 Å². The molecule has 0 aromatic carbocycles. The molecule has 2 aliphatic heterocycles. The number of aliphatic hydroxyl groups is 3. The molecule has 2 saturated heterocycles. The highest BCUT2D eigenvalue weighted by Gasteiger charge is 2.46. The number of likely N-dealkylation sites (tertiary alicyclic amines) is 1. The van der Waals surface area contributed by atoms with Crippen molar-refractivity contribution in [1.29, 1.82) is 5.41 Å². The molecule has 4 atom stereocenters. The van der Waals surface area contributed by atoms with Crippen LogP contribution in [-0.2, 0) is 9.53 Å². The molecule has 13 nitrogen and oxygen atoms in total. The lowest BCUT2D eigenvalue weighted by molar-refractivity contribution is -0.150. The molecule has 0 aliphatic carbocycles. The monoisotopic (exact) mass is 401 g/mol. The van der Waals surface area contributed by atoms with Gasteiger partial charge in [0, 0.05) is 13.1 Å². The van der Waals surface area contributed by atoms with Gasteiger partial charge in [0.15, 0.2) is 6.23 Å². The number of urea groups is 1. The molecule has 0 radical (unpaired) electrons. The number of amides is 3. The molecule has 0 saturated carbocycles. The van der Waals surface area contributed by atoms with Gasteiger partial charge in [-0.2, -0.15) is 0 Å². The zero-order valence-electron chi connectivity index (χ0n) is 15.2. The van der Waals surface area contributed by atoms with Crippen molar-refractivity contribution in [3.63, 3.8) is 0 Å². The lowest BCUT2D eigenvalue weighted by Crippen LogP contribution is -2.54. The summed E-state index contributed by atoms with van der Waals surface area (Å²) < 4.78 is 5.19. The molecule has 13 heteroatoms. The normalized spacial score (nSPS) is 28.5. The SMILES string of the molecule is N=C(/C(N)=C(\NC(N)=O)C(=O)N(N)C1OC(CO)C(O)C1O)N1CCCCC1. The topological polar surface area (TPSA) is 224 Å². The van der Waals surface area contributed by atoms with E-state index < -0.39 is 48.8 Å². The Morgan fingerprint density at radius 3 is 2.29 bits per heavy atom. The molecule has 2 heterocycles. The van der Waals surface area contributed by atoms with Crippen LogP contribution in [0.2, 0.25) is 0 Å². The third-order valence-electron chi connectivity index (χ3n) is 4.68. The fourth-order valence-corrected chi connectivity index (χ4v) is 3.12. The molecule has 0 bridgehead atoms. The van der Waals surface area contributed by atoms with Gasteiger partial charge in [0.1, 0.15) is 35.5 Å². The number of hydrogen-bond donors (Lipinski definition) is 8. The Bertz CT molecular complexity index is 651. The molecule has 0 spiro atoms. The molecule has 3 amide bonds. The molecule has 2 fully saturated rings. The molecule has 4 unspecified atom stereocenters. The summed E-state index contributed by atoms with van der Waals surface area (Å²) in [6.45, 7) is 0.526. The highest BCUT2D eigenvalue weighted by molar-refractivity contribution is 6.06. The summed E-state index contributed by atoms with van der Waals surface area (Å²) in [4.78, 5) is 25.8. The average Bonchev–Trinajstić information content (AvgIpc) is 2.98. The van der Waals surface area contributed by atoms with E-state index in [1.807, 2.05) is 0 Å². The van der Waals surface area contributed by atoms with Gasteiger partial charge >= 0.3 is 6.03 Å². The first-order chi connectivity index (χ1) is 13.2. The molecule has 2 aliphatic rings. The number of carbonyl (C=O) groups is 2. The number of nitrogens with one attached hydrogen (secondary N) is 2. The first-order valence-electron chi connectivity index (χ1n) is 8.79. The molecular weight excluding hydrogens is 374 g/mol. The summed E-state index contributed by atoms with van der Waals surface area (Å²) in [5.74, 6) is 4.46. The van der Waals surface area contributed by atoms with Crippen LogP contribution in [0.5, 0.6) is 0 Å². The Morgan fingerprint density at radius 1 is 1.18 bits per heavy atom. The van der Waals surface area contributed by atoms with Crippen LogP contribution in [0, 0.1) is 5.41 Å². The Kier molecular flexibility index (Phi) is 7.15. The highest BCUT2D eigenvalue weighted by atomic mass is 16.6. The third kappa shape index (κ3) is 4.51. The average molecular weight is 401 g/mol. The van der Waals surface area contributed by atoms with E-state index in [1.54, 1.807) is 4.90 Å². The summed E-state index contributed by atoms with van der Waals surface area (Å²) in [6.07, 6.45) is -3.03. The highest BCUT2D eigenvalue weighted by Crippen LogP contribution is 2.23. The minimum atomic E-state index is -1.61. The Hall–Kier alpha value is -2.45. The van der Waals surface area contributed by atoms with Crippen molar-refractivity contribution in [2.45, 2.75) is 43.8 Å². The van der Waals surface area contributed by atoms with E-state index in [2.05, 4.69) is 5.32 Å². The van der Waals surface area contributed by atoms with Crippen molar-refractivity contribution in [2.75, 3.05) is 19.7 Å². The van der Waals surface area contributed by atoms with Crippen LogP contribution in [0.1, 0.15) is 19.3 Å². The van der Waals surface area contributed by atoms with Gasteiger partial charge in [-0.1, -0.05) is 0 Å². The van der Waals surface area contributed by atoms with E-state index in [0.717, 1.165) is 19.3 Å². The van der Waals surface area contributed by atoms with Gasteiger partial charge in [-0.15, -0.1) is 0 Å². The summed E-state index contributed by atoms with van der Waals surface area (Å²) in [6, 6.07) is -1.10. The summed E-state index contributed by atoms with van der Waals surface area (Å²) in [7, 11) is 0. The quantitative estimate of drug-likeness (QED) is 0.0568. The van der Waals surface area contributed by atoms with Crippen molar-refractivity contribution in [2.24, 2.45) is 17.3 Å². The number of hydrazine groups is 1. The number of nitrogens with zero attached hydrogens (tertiary/aromatic N) is 2. The second kappa shape index (κ2) is 9.16. The lowest BCUT2D eigenvalue weighted by atomic mass is 10.1. The number of rotatable bonds is 5. The van der Waals surface area contributed by atoms with Gasteiger partial charge in [0.05, 0.1) is 6.61 Å². The number of aliphatic hydroxyl groups excluding tert-OH is 3. The zero-order chi connectivity index (χ0) is 21.0. The molecule has 0 aromatic heterocycles. The second-order valence-electron chi connectivity index (χ2n) is 6.62. The van der Waals surface area contributed by atoms with E-state index in [4.69, 9.17) is 32.6 Å². The fraction of sp³-hybridized carbons (Fsp3) is 0.667. The van der Waals surface area contributed by atoms with E-state index >= 15 is 0 Å². The molecular formula is C15H27N7O6. The van der Waals surface area contributed by atoms with Crippen LogP contribution in [0.4, 0.5) is 4.79 Å². The number of primary amides is 1. The van der Waals surface area contributed by atoms with Crippen molar-refractivity contribution in [3.8, 4) is 0 Å². The lowest BCUT2D eigenvalue weighted by Gasteiger charge is -2.31. The Labute approximate surface area is 161 Å². The number of carbonyl (C=O) groups excluding carboxylic acids is 2. The Morgan fingerprint density at radius 2 is 1.79 bits per heavy atom. The summed E-state index contributed by atoms with van der Waals surface area (Å²) in [5.41, 5.74) is 10.1. The van der Waals surface area contributed by atoms with Crippen LogP contribution >= 0.6 is 0 Å². The number of piperidine rings is 1. The van der Waals surface area contributed by atoms with E-state index in [9.17, 15) is 19.8 Å². The minimum Gasteiger partial charge on any atom is -0.394 e. The number of hydrogen-bond acceptors (Lipinski definition) is 9. The summed E-state index contributed by atoms with van der Waals surface area (Å²) in [5, 5.41) is 39.7. The maximum absolute atomic E-state index is 12.8. The standard InChI is InChI=1S/C15H27N7O6/c16-8(12(17)21-4-2-1-3-5-21)9(20-15(18)27)13(26)22(19)14-11(25)10(24)7(6-23)28-14/h7,10-11,14,17,23-25H,1-6,16,19H2,(H3,18,20,27)/b9-8+,17-12?. The molecule has 11 N–H and O–H groups in total. The zero-order valence-corrected chi connectivity index (χ0v) is 15.2. The Balaban J connectivity index is 2.27. The van der Waals surface area contributed by atoms with Crippen molar-refractivity contribution < 1.29 is 29.6 Å². The fourth-order valence-electron chi connectivity index (χ4n) is 3.12. The van der Waals surface area contributed by atoms with Gasteiger partial charge < -0.3 is 41.7 Å². The van der Waals surface area contributed by atoms with E-state index in [-0.39, 0.29) is 11.5 Å². The van der Waals surface area contributed by atoms with Gasteiger partial charge in [-0.05, 0) is 19.3 Å². The van der Waals surface area contributed by atoms with E-state index in [0.29, 0.717) is 18.1 Å². The van der Waals surface area contributed by atoms with Crippen LogP contribution in [0.15, 0.2) is 11.4 Å². The minimum absolute atomic E-state index is 0.175. The van der Waals surface area contributed by atoms with Crippen molar-refractivity contribution in [3.05, 3.63) is 11.4 Å². The predicted octanol–water partition coefficient (Wildman–Crippen LogP) is -3.57. The number of ether oxygens (including phenoxy) is 1. The first-order valence-corrected chi connectivity index (χ1v) is 8.79. The maximum atomic E-state index is 12.8. The predicted molar refractivity (Wildman–Crippen MR) is 95.9 cm³/mol. The number of nitrogens with two attached hydrogens (primary N) is 3. The van der Waals surface area contributed by atoms with Gasteiger partial charge in [0.2, 0.25) is 0 Å². The third-order valence-corrected chi connectivity index (χ3v) is 4.68. The first kappa shape index (κ1) is 21.8. The van der Waals surface area contributed by atoms with Crippen LogP contribution < -0.4 is 22.6 Å². The molecule has 28 heavy (non-hydrogen) atoms. The van der Waals surface area contributed by atoms with Gasteiger partial charge in [0.25, 0.3) is 5.91 Å². The smallest absolute Gasteiger partial charge is 0.316 e. The van der Waals surface area contributed by atoms with Crippen LogP contribution in [0.3, 0.4) is 0 Å². The molecule has 158 valence electrons. The van der Waals surface area contributed by atoms with Gasteiger partial charge in [-0.3, -0.25) is 10.2 Å². The molecule has 0 aromatic rings. The van der Waals surface area contributed by atoms with Crippen LogP contribution in [0.25, 0.3) is 0 Å². The van der Waals surface area contributed by atoms with E-state index in [1.165, 1.54) is 0 Å². The second-order valence-corrected chi connectivity index (χ2v) is 6.62. The molecule has 2 rings (SSSR count). The maximum Gasteiger partial charge on any atom is 0.316 e. The largest absolute Gasteiger partial charge is 0.394 e.